The number of carbonyl (C=O) groups excluding carboxylic acids is 1. The van der Waals surface area contributed by atoms with Crippen LogP contribution in [0.25, 0.3) is 0 Å². The summed E-state index contributed by atoms with van der Waals surface area (Å²) >= 11 is 1.63. The minimum Gasteiger partial charge on any atom is -0.468 e. The first-order valence-corrected chi connectivity index (χ1v) is 6.56. The second kappa shape index (κ2) is 5.46. The summed E-state index contributed by atoms with van der Waals surface area (Å²) in [5.74, 6) is -0.135. The number of likely N-dealkylation sites (tertiary alicyclic amines) is 1. The zero-order valence-electron chi connectivity index (χ0n) is 9.52. The fourth-order valence-corrected chi connectivity index (χ4v) is 3.03. The van der Waals surface area contributed by atoms with Crippen molar-refractivity contribution in [2.24, 2.45) is 0 Å². The zero-order chi connectivity index (χ0) is 11.4. The van der Waals surface area contributed by atoms with E-state index in [0.29, 0.717) is 0 Å². The Balaban J connectivity index is 2.17. The maximum absolute atomic E-state index is 11.9. The number of nitrogens with zero attached hydrogens (tertiary/aromatic N) is 1. The van der Waals surface area contributed by atoms with E-state index in [1.807, 2.05) is 17.5 Å². The van der Waals surface area contributed by atoms with Crippen molar-refractivity contribution in [1.82, 2.24) is 4.90 Å². The maximum Gasteiger partial charge on any atom is 0.328 e. The third kappa shape index (κ3) is 2.44. The largest absolute Gasteiger partial charge is 0.468 e. The number of carbonyl (C=O) groups is 1. The van der Waals surface area contributed by atoms with Crippen LogP contribution in [0.2, 0.25) is 0 Å². The third-order valence-electron chi connectivity index (χ3n) is 2.99. The molecular formula is C12H17NO2S. The van der Waals surface area contributed by atoms with Gasteiger partial charge in [-0.25, -0.2) is 4.79 Å². The van der Waals surface area contributed by atoms with Gasteiger partial charge < -0.3 is 4.74 Å². The maximum atomic E-state index is 11.9. The van der Waals surface area contributed by atoms with Crippen LogP contribution in [0.5, 0.6) is 0 Å². The highest BCUT2D eigenvalue weighted by Crippen LogP contribution is 2.28. The SMILES string of the molecule is COC(=O)C(c1cccs1)N1CCCCC1. The minimum atomic E-state index is -0.190. The van der Waals surface area contributed by atoms with Gasteiger partial charge in [0.15, 0.2) is 0 Å². The summed E-state index contributed by atoms with van der Waals surface area (Å²) in [6.45, 7) is 2.00. The average Bonchev–Trinajstić information content (AvgIpc) is 2.84. The van der Waals surface area contributed by atoms with Gasteiger partial charge in [0.2, 0.25) is 0 Å². The van der Waals surface area contributed by atoms with Crippen molar-refractivity contribution in [3.63, 3.8) is 0 Å². The molecule has 0 spiro atoms. The first-order valence-electron chi connectivity index (χ1n) is 5.68. The van der Waals surface area contributed by atoms with E-state index in [-0.39, 0.29) is 12.0 Å². The van der Waals surface area contributed by atoms with Crippen molar-refractivity contribution in [2.45, 2.75) is 25.3 Å². The van der Waals surface area contributed by atoms with Crippen LogP contribution in [0.4, 0.5) is 0 Å². The predicted molar refractivity (Wildman–Crippen MR) is 64.5 cm³/mol. The van der Waals surface area contributed by atoms with E-state index in [9.17, 15) is 4.79 Å². The Morgan fingerprint density at radius 2 is 2.19 bits per heavy atom. The molecule has 0 saturated carbocycles. The van der Waals surface area contributed by atoms with Crippen LogP contribution >= 0.6 is 11.3 Å². The van der Waals surface area contributed by atoms with Gasteiger partial charge in [-0.05, 0) is 37.4 Å². The second-order valence-electron chi connectivity index (χ2n) is 4.04. The normalized spacial score (nSPS) is 19.3. The summed E-state index contributed by atoms with van der Waals surface area (Å²) in [6.07, 6.45) is 3.63. The molecule has 1 fully saturated rings. The Hall–Kier alpha value is -0.870. The quantitative estimate of drug-likeness (QED) is 0.759. The van der Waals surface area contributed by atoms with Gasteiger partial charge in [0.05, 0.1) is 7.11 Å². The van der Waals surface area contributed by atoms with Crippen LogP contribution in [0.3, 0.4) is 0 Å². The molecule has 2 rings (SSSR count). The van der Waals surface area contributed by atoms with Crippen LogP contribution < -0.4 is 0 Å². The number of hydrogen-bond donors (Lipinski definition) is 0. The summed E-state index contributed by atoms with van der Waals surface area (Å²) in [5.41, 5.74) is 0. The molecule has 0 aromatic carbocycles. The highest BCUT2D eigenvalue weighted by atomic mass is 32.1. The smallest absolute Gasteiger partial charge is 0.328 e. The molecule has 1 aliphatic heterocycles. The molecule has 1 unspecified atom stereocenters. The van der Waals surface area contributed by atoms with Gasteiger partial charge in [0, 0.05) is 4.88 Å². The van der Waals surface area contributed by atoms with Gasteiger partial charge in [0.1, 0.15) is 6.04 Å². The number of rotatable bonds is 3. The van der Waals surface area contributed by atoms with Crippen LogP contribution in [0, 0.1) is 0 Å². The van der Waals surface area contributed by atoms with Crippen LogP contribution in [-0.4, -0.2) is 31.1 Å². The van der Waals surface area contributed by atoms with Crippen LogP contribution in [0.15, 0.2) is 17.5 Å². The lowest BCUT2D eigenvalue weighted by atomic mass is 10.1. The fraction of sp³-hybridized carbons (Fsp3) is 0.583. The molecule has 16 heavy (non-hydrogen) atoms. The molecule has 88 valence electrons. The monoisotopic (exact) mass is 239 g/mol. The summed E-state index contributed by atoms with van der Waals surface area (Å²) in [7, 11) is 1.47. The molecule has 3 nitrogen and oxygen atoms in total. The number of piperidine rings is 1. The molecule has 1 saturated heterocycles. The van der Waals surface area contributed by atoms with E-state index < -0.39 is 0 Å². The second-order valence-corrected chi connectivity index (χ2v) is 5.02. The predicted octanol–water partition coefficient (Wildman–Crippen LogP) is 2.45. The van der Waals surface area contributed by atoms with Crippen molar-refractivity contribution in [2.75, 3.05) is 20.2 Å². The molecular weight excluding hydrogens is 222 g/mol. The molecule has 1 aliphatic rings. The molecule has 0 N–H and O–H groups in total. The lowest BCUT2D eigenvalue weighted by Gasteiger charge is -2.32. The Bertz CT molecular complexity index is 331. The fourth-order valence-electron chi connectivity index (χ4n) is 2.18. The van der Waals surface area contributed by atoms with E-state index in [4.69, 9.17) is 4.74 Å². The first kappa shape index (κ1) is 11.6. The number of thiophene rings is 1. The Kier molecular flexibility index (Phi) is 3.96. The van der Waals surface area contributed by atoms with Crippen molar-refractivity contribution in [3.05, 3.63) is 22.4 Å². The van der Waals surface area contributed by atoms with Crippen molar-refractivity contribution in [1.29, 1.82) is 0 Å². The minimum absolute atomic E-state index is 0.135. The van der Waals surface area contributed by atoms with Crippen molar-refractivity contribution >= 4 is 17.3 Å². The molecule has 0 radical (unpaired) electrons. The lowest BCUT2D eigenvalue weighted by molar-refractivity contribution is -0.147. The molecule has 0 bridgehead atoms. The summed E-state index contributed by atoms with van der Waals surface area (Å²) < 4.78 is 4.92. The molecule has 4 heteroatoms. The van der Waals surface area contributed by atoms with E-state index in [2.05, 4.69) is 4.90 Å². The Labute approximate surface area is 100 Å². The number of hydrogen-bond acceptors (Lipinski definition) is 4. The van der Waals surface area contributed by atoms with Gasteiger partial charge in [-0.3, -0.25) is 4.90 Å². The zero-order valence-corrected chi connectivity index (χ0v) is 10.3. The molecule has 1 atom stereocenters. The van der Waals surface area contributed by atoms with Gasteiger partial charge in [-0.2, -0.15) is 0 Å². The molecule has 0 amide bonds. The van der Waals surface area contributed by atoms with Crippen LogP contribution in [-0.2, 0) is 9.53 Å². The topological polar surface area (TPSA) is 29.5 Å². The van der Waals surface area contributed by atoms with E-state index in [1.54, 1.807) is 11.3 Å². The van der Waals surface area contributed by atoms with Gasteiger partial charge in [-0.1, -0.05) is 12.5 Å². The highest BCUT2D eigenvalue weighted by Gasteiger charge is 2.30. The van der Waals surface area contributed by atoms with E-state index in [0.717, 1.165) is 18.0 Å². The van der Waals surface area contributed by atoms with E-state index in [1.165, 1.54) is 26.4 Å². The third-order valence-corrected chi connectivity index (χ3v) is 3.92. The first-order chi connectivity index (χ1) is 7.83. The number of ether oxygens (including phenoxy) is 1. The van der Waals surface area contributed by atoms with Crippen LogP contribution in [0.1, 0.15) is 30.2 Å². The standard InChI is InChI=1S/C12H17NO2S/c1-15-12(14)11(10-6-5-9-16-10)13-7-3-2-4-8-13/h5-6,9,11H,2-4,7-8H2,1H3. The summed E-state index contributed by atoms with van der Waals surface area (Å²) in [4.78, 5) is 15.2. The van der Waals surface area contributed by atoms with Crippen molar-refractivity contribution < 1.29 is 9.53 Å². The van der Waals surface area contributed by atoms with Crippen molar-refractivity contribution in [3.8, 4) is 0 Å². The Morgan fingerprint density at radius 3 is 2.75 bits per heavy atom. The van der Waals surface area contributed by atoms with Gasteiger partial charge in [0.25, 0.3) is 0 Å². The highest BCUT2D eigenvalue weighted by molar-refractivity contribution is 7.10. The number of methoxy groups -OCH3 is 1. The summed E-state index contributed by atoms with van der Waals surface area (Å²) in [5, 5.41) is 2.01. The molecule has 1 aromatic heterocycles. The van der Waals surface area contributed by atoms with Gasteiger partial charge >= 0.3 is 5.97 Å². The van der Waals surface area contributed by atoms with Gasteiger partial charge in [-0.15, -0.1) is 11.3 Å². The molecule has 0 aliphatic carbocycles. The lowest BCUT2D eigenvalue weighted by Crippen LogP contribution is -2.38. The van der Waals surface area contributed by atoms with E-state index >= 15 is 0 Å². The molecule has 2 heterocycles. The summed E-state index contributed by atoms with van der Waals surface area (Å²) in [6, 6.07) is 3.81. The Morgan fingerprint density at radius 1 is 1.44 bits per heavy atom. The number of esters is 1. The average molecular weight is 239 g/mol. The molecule has 1 aromatic rings.